The Morgan fingerprint density at radius 1 is 1.23 bits per heavy atom. The molecule has 1 heterocycles. The second-order valence-corrected chi connectivity index (χ2v) is 5.52. The third-order valence-corrected chi connectivity index (χ3v) is 3.97. The minimum Gasteiger partial charge on any atom is -0.467 e. The fourth-order valence-electron chi connectivity index (χ4n) is 2.84. The molecule has 0 bridgehead atoms. The number of fused-ring (bicyclic) bond motifs is 1. The number of rotatable bonds is 4. The number of nitrogens with one attached hydrogen (secondary N) is 2. The molecule has 2 amide bonds. The molecule has 1 unspecified atom stereocenters. The Morgan fingerprint density at radius 3 is 2.91 bits per heavy atom. The number of anilines is 1. The first kappa shape index (κ1) is 14.7. The zero-order valence-corrected chi connectivity index (χ0v) is 12.3. The molecule has 1 atom stereocenters. The van der Waals surface area contributed by atoms with E-state index in [-0.39, 0.29) is 12.6 Å². The minimum absolute atomic E-state index is 0.106. The van der Waals surface area contributed by atoms with Crippen LogP contribution in [0.15, 0.2) is 41.0 Å². The standard InChI is InChI=1S/C17H20N2O3/c20-15(16-9-4-10-22-16)11-18-17(21)19-14-8-3-6-12-5-1-2-7-13(12)14/h3-4,6,8-10,15,20H,1-2,5,7,11H2,(H2,18,19,21). The molecule has 22 heavy (non-hydrogen) atoms. The van der Waals surface area contributed by atoms with Gasteiger partial charge in [-0.05, 0) is 55.0 Å². The quantitative estimate of drug-likeness (QED) is 0.812. The molecule has 2 aromatic rings. The van der Waals surface area contributed by atoms with Crippen LogP contribution >= 0.6 is 0 Å². The van der Waals surface area contributed by atoms with Crippen molar-refractivity contribution in [3.8, 4) is 0 Å². The van der Waals surface area contributed by atoms with Gasteiger partial charge in [0.15, 0.2) is 0 Å². The summed E-state index contributed by atoms with van der Waals surface area (Å²) in [4.78, 5) is 12.0. The molecule has 5 heteroatoms. The highest BCUT2D eigenvalue weighted by molar-refractivity contribution is 5.90. The number of benzene rings is 1. The fourth-order valence-corrected chi connectivity index (χ4v) is 2.84. The van der Waals surface area contributed by atoms with Gasteiger partial charge in [0.1, 0.15) is 11.9 Å². The van der Waals surface area contributed by atoms with Gasteiger partial charge in [-0.3, -0.25) is 0 Å². The highest BCUT2D eigenvalue weighted by Gasteiger charge is 2.15. The fraction of sp³-hybridized carbons (Fsp3) is 0.353. The normalized spacial score (nSPS) is 15.0. The Hall–Kier alpha value is -2.27. The first-order chi connectivity index (χ1) is 10.7. The first-order valence-electron chi connectivity index (χ1n) is 7.61. The molecule has 1 aliphatic carbocycles. The first-order valence-corrected chi connectivity index (χ1v) is 7.61. The van der Waals surface area contributed by atoms with Crippen LogP contribution in [0.1, 0.15) is 35.8 Å². The Bertz CT molecular complexity index is 637. The molecule has 0 fully saturated rings. The van der Waals surface area contributed by atoms with Crippen LogP contribution in [0.4, 0.5) is 10.5 Å². The van der Waals surface area contributed by atoms with Crippen LogP contribution in [-0.2, 0) is 12.8 Å². The van der Waals surface area contributed by atoms with E-state index < -0.39 is 6.10 Å². The zero-order valence-electron chi connectivity index (χ0n) is 12.3. The number of hydrogen-bond donors (Lipinski definition) is 3. The zero-order chi connectivity index (χ0) is 15.4. The highest BCUT2D eigenvalue weighted by Crippen LogP contribution is 2.27. The maximum Gasteiger partial charge on any atom is 0.319 e. The maximum atomic E-state index is 12.0. The number of urea groups is 1. The van der Waals surface area contributed by atoms with Crippen LogP contribution < -0.4 is 10.6 Å². The third-order valence-electron chi connectivity index (χ3n) is 3.97. The second kappa shape index (κ2) is 6.66. The molecule has 1 aromatic heterocycles. The number of hydrogen-bond acceptors (Lipinski definition) is 3. The summed E-state index contributed by atoms with van der Waals surface area (Å²) in [5, 5.41) is 15.4. The number of carbonyl (C=O) groups excluding carboxylic acids is 1. The van der Waals surface area contributed by atoms with Crippen molar-refractivity contribution in [2.45, 2.75) is 31.8 Å². The van der Waals surface area contributed by atoms with E-state index >= 15 is 0 Å². The van der Waals surface area contributed by atoms with Gasteiger partial charge in [-0.25, -0.2) is 4.79 Å². The van der Waals surface area contributed by atoms with Crippen LogP contribution in [0.5, 0.6) is 0 Å². The van der Waals surface area contributed by atoms with Crippen molar-refractivity contribution in [3.05, 3.63) is 53.5 Å². The number of furan rings is 1. The smallest absolute Gasteiger partial charge is 0.319 e. The number of aliphatic hydroxyl groups excluding tert-OH is 1. The Kier molecular flexibility index (Phi) is 4.44. The summed E-state index contributed by atoms with van der Waals surface area (Å²) in [5.41, 5.74) is 3.41. The third kappa shape index (κ3) is 3.31. The Morgan fingerprint density at radius 2 is 2.09 bits per heavy atom. The average Bonchev–Trinajstić information content (AvgIpc) is 3.07. The summed E-state index contributed by atoms with van der Waals surface area (Å²) in [6.07, 6.45) is 5.09. The van der Waals surface area contributed by atoms with E-state index in [1.807, 2.05) is 12.1 Å². The van der Waals surface area contributed by atoms with E-state index in [2.05, 4.69) is 16.7 Å². The van der Waals surface area contributed by atoms with Crippen molar-refractivity contribution in [2.24, 2.45) is 0 Å². The van der Waals surface area contributed by atoms with Gasteiger partial charge in [0.25, 0.3) is 0 Å². The van der Waals surface area contributed by atoms with Gasteiger partial charge in [0, 0.05) is 5.69 Å². The number of aryl methyl sites for hydroxylation is 1. The Balaban J connectivity index is 1.58. The van der Waals surface area contributed by atoms with Gasteiger partial charge < -0.3 is 20.2 Å². The van der Waals surface area contributed by atoms with Crippen LogP contribution in [-0.4, -0.2) is 17.7 Å². The van der Waals surface area contributed by atoms with Gasteiger partial charge in [-0.15, -0.1) is 0 Å². The lowest BCUT2D eigenvalue weighted by atomic mass is 9.90. The lowest BCUT2D eigenvalue weighted by molar-refractivity contribution is 0.149. The van der Waals surface area contributed by atoms with Crippen molar-refractivity contribution < 1.29 is 14.3 Å². The van der Waals surface area contributed by atoms with Crippen molar-refractivity contribution in [3.63, 3.8) is 0 Å². The monoisotopic (exact) mass is 300 g/mol. The van der Waals surface area contributed by atoms with Crippen molar-refractivity contribution in [2.75, 3.05) is 11.9 Å². The summed E-state index contributed by atoms with van der Waals surface area (Å²) in [5.74, 6) is 0.442. The molecule has 0 saturated heterocycles. The van der Waals surface area contributed by atoms with Crippen LogP contribution in [0.3, 0.4) is 0 Å². The van der Waals surface area contributed by atoms with Crippen molar-refractivity contribution in [1.82, 2.24) is 5.32 Å². The van der Waals surface area contributed by atoms with Gasteiger partial charge in [0.2, 0.25) is 0 Å². The SMILES string of the molecule is O=C(NCC(O)c1ccco1)Nc1cccc2c1CCCC2. The minimum atomic E-state index is -0.842. The van der Waals surface area contributed by atoms with E-state index in [0.29, 0.717) is 5.76 Å². The lowest BCUT2D eigenvalue weighted by Gasteiger charge is -2.20. The largest absolute Gasteiger partial charge is 0.467 e. The van der Waals surface area contributed by atoms with E-state index in [4.69, 9.17) is 4.42 Å². The van der Waals surface area contributed by atoms with Crippen LogP contribution in [0, 0.1) is 0 Å². The lowest BCUT2D eigenvalue weighted by Crippen LogP contribution is -2.32. The second-order valence-electron chi connectivity index (χ2n) is 5.52. The summed E-state index contributed by atoms with van der Waals surface area (Å²) >= 11 is 0. The average molecular weight is 300 g/mol. The van der Waals surface area contributed by atoms with E-state index in [1.165, 1.54) is 23.8 Å². The molecule has 116 valence electrons. The predicted octanol–water partition coefficient (Wildman–Crippen LogP) is 3.01. The highest BCUT2D eigenvalue weighted by atomic mass is 16.4. The number of carbonyl (C=O) groups is 1. The maximum absolute atomic E-state index is 12.0. The molecule has 1 aliphatic rings. The molecule has 3 N–H and O–H groups in total. The van der Waals surface area contributed by atoms with Crippen LogP contribution in [0.25, 0.3) is 0 Å². The number of amides is 2. The molecule has 0 aliphatic heterocycles. The van der Waals surface area contributed by atoms with E-state index in [1.54, 1.807) is 12.1 Å². The predicted molar refractivity (Wildman–Crippen MR) is 83.8 cm³/mol. The topological polar surface area (TPSA) is 74.5 Å². The molecule has 1 aromatic carbocycles. The van der Waals surface area contributed by atoms with Gasteiger partial charge in [-0.1, -0.05) is 12.1 Å². The molecule has 0 radical (unpaired) electrons. The molecule has 0 spiro atoms. The van der Waals surface area contributed by atoms with E-state index in [9.17, 15) is 9.90 Å². The van der Waals surface area contributed by atoms with Gasteiger partial charge in [0.05, 0.1) is 12.8 Å². The molecule has 0 saturated carbocycles. The van der Waals surface area contributed by atoms with Crippen LogP contribution in [0.2, 0.25) is 0 Å². The summed E-state index contributed by atoms with van der Waals surface area (Å²) < 4.78 is 5.10. The molecule has 3 rings (SSSR count). The molecular weight excluding hydrogens is 280 g/mol. The Labute approximate surface area is 129 Å². The molecule has 5 nitrogen and oxygen atoms in total. The van der Waals surface area contributed by atoms with Gasteiger partial charge in [-0.2, -0.15) is 0 Å². The van der Waals surface area contributed by atoms with Crippen molar-refractivity contribution >= 4 is 11.7 Å². The summed E-state index contributed by atoms with van der Waals surface area (Å²) in [6, 6.07) is 9.08. The van der Waals surface area contributed by atoms with E-state index in [0.717, 1.165) is 24.9 Å². The number of aliphatic hydroxyl groups is 1. The summed E-state index contributed by atoms with van der Waals surface area (Å²) in [6.45, 7) is 0.106. The van der Waals surface area contributed by atoms with Crippen molar-refractivity contribution in [1.29, 1.82) is 0 Å². The summed E-state index contributed by atoms with van der Waals surface area (Å²) in [7, 11) is 0. The molecular formula is C17H20N2O3. The van der Waals surface area contributed by atoms with Gasteiger partial charge >= 0.3 is 6.03 Å².